The van der Waals surface area contributed by atoms with Gasteiger partial charge in [0.05, 0.1) is 12.4 Å². The fourth-order valence-corrected chi connectivity index (χ4v) is 3.28. The molecular weight excluding hydrogens is 262 g/mol. The van der Waals surface area contributed by atoms with Crippen LogP contribution in [0, 0.1) is 0 Å². The predicted molar refractivity (Wildman–Crippen MR) is 72.8 cm³/mol. The number of carboxylic acid groups (broad SMARTS) is 1. The molecule has 1 saturated heterocycles. The molecule has 1 heterocycles. The molecule has 1 fully saturated rings. The molecule has 0 aliphatic carbocycles. The number of benzene rings is 1. The Hall–Kier alpha value is -1.20. The average molecular weight is 281 g/mol. The first-order valence-corrected chi connectivity index (χ1v) is 7.65. The molecule has 0 radical (unpaired) electrons. The van der Waals surface area contributed by atoms with Crippen LogP contribution in [-0.2, 0) is 4.79 Å². The molecular formula is C14H19NO3S. The van der Waals surface area contributed by atoms with Crippen LogP contribution in [0.25, 0.3) is 0 Å². The van der Waals surface area contributed by atoms with Crippen molar-refractivity contribution in [2.75, 3.05) is 12.4 Å². The van der Waals surface area contributed by atoms with Crippen LogP contribution in [0.1, 0.15) is 30.7 Å². The van der Waals surface area contributed by atoms with Crippen molar-refractivity contribution in [2.45, 2.75) is 31.2 Å². The number of ether oxygens (including phenoxy) is 1. The lowest BCUT2D eigenvalue weighted by atomic mass is 10.2. The first kappa shape index (κ1) is 14.2. The minimum absolute atomic E-state index is 0.146. The zero-order valence-electron chi connectivity index (χ0n) is 11.0. The zero-order valence-corrected chi connectivity index (χ0v) is 11.8. The van der Waals surface area contributed by atoms with Gasteiger partial charge in [0.15, 0.2) is 5.37 Å². The second-order valence-corrected chi connectivity index (χ2v) is 5.82. The monoisotopic (exact) mass is 281 g/mol. The van der Waals surface area contributed by atoms with Crippen LogP contribution in [0.3, 0.4) is 0 Å². The number of quaternary nitrogens is 1. The number of rotatable bonds is 6. The Morgan fingerprint density at radius 2 is 2.21 bits per heavy atom. The Morgan fingerprint density at radius 1 is 1.47 bits per heavy atom. The summed E-state index contributed by atoms with van der Waals surface area (Å²) in [7, 11) is 0. The number of thioether (sulfide) groups is 1. The SMILES string of the molecule is CCCCOc1ccc([C@H]2[NH2+][C@@H](C(=O)[O-])CS2)cc1. The standard InChI is InChI=1S/C14H19NO3S/c1-2-3-8-18-11-6-4-10(5-7-11)13-15-12(9-19-13)14(16)17/h4-7,12-13,15H,2-3,8-9H2,1H3,(H,16,17)/t12-,13+/m1/s1. The van der Waals surface area contributed by atoms with E-state index in [9.17, 15) is 9.90 Å². The van der Waals surface area contributed by atoms with Crippen molar-refractivity contribution in [2.24, 2.45) is 0 Å². The van der Waals surface area contributed by atoms with Crippen LogP contribution in [0.5, 0.6) is 5.75 Å². The number of hydrogen-bond donors (Lipinski definition) is 1. The maximum absolute atomic E-state index is 10.8. The molecule has 104 valence electrons. The van der Waals surface area contributed by atoms with E-state index in [4.69, 9.17) is 4.74 Å². The number of aliphatic carboxylic acids is 1. The van der Waals surface area contributed by atoms with Crippen LogP contribution in [0.4, 0.5) is 0 Å². The summed E-state index contributed by atoms with van der Waals surface area (Å²) in [5.74, 6) is 0.494. The number of carbonyl (C=O) groups is 1. The maximum atomic E-state index is 10.8. The highest BCUT2D eigenvalue weighted by molar-refractivity contribution is 7.99. The number of carbonyl (C=O) groups excluding carboxylic acids is 1. The molecule has 0 aromatic heterocycles. The van der Waals surface area contributed by atoms with Gasteiger partial charge in [0.25, 0.3) is 0 Å². The quantitative estimate of drug-likeness (QED) is 0.761. The first-order chi connectivity index (χ1) is 9.20. The molecule has 1 aromatic carbocycles. The highest BCUT2D eigenvalue weighted by atomic mass is 32.2. The number of unbranched alkanes of at least 4 members (excludes halogenated alkanes) is 1. The van der Waals surface area contributed by atoms with Gasteiger partial charge in [-0.3, -0.25) is 0 Å². The summed E-state index contributed by atoms with van der Waals surface area (Å²) in [5.41, 5.74) is 1.12. The van der Waals surface area contributed by atoms with Crippen LogP contribution in [-0.4, -0.2) is 24.4 Å². The summed E-state index contributed by atoms with van der Waals surface area (Å²) >= 11 is 1.64. The molecule has 0 bridgehead atoms. The van der Waals surface area contributed by atoms with Crippen molar-refractivity contribution in [3.05, 3.63) is 29.8 Å². The minimum atomic E-state index is -0.977. The summed E-state index contributed by atoms with van der Waals surface area (Å²) in [5, 5.41) is 12.8. The molecule has 0 saturated carbocycles. The van der Waals surface area contributed by atoms with Gasteiger partial charge < -0.3 is 20.0 Å². The number of nitrogens with two attached hydrogens (primary N) is 1. The van der Waals surface area contributed by atoms with Crippen molar-refractivity contribution in [3.63, 3.8) is 0 Å². The molecule has 2 N–H and O–H groups in total. The normalized spacial score (nSPS) is 22.4. The Balaban J connectivity index is 1.90. The highest BCUT2D eigenvalue weighted by Crippen LogP contribution is 2.28. The van der Waals surface area contributed by atoms with Gasteiger partial charge in [0, 0.05) is 5.56 Å². The lowest BCUT2D eigenvalue weighted by Gasteiger charge is -2.11. The summed E-state index contributed by atoms with van der Waals surface area (Å²) in [6, 6.07) is 7.48. The summed E-state index contributed by atoms with van der Waals surface area (Å²) < 4.78 is 5.60. The molecule has 1 aliphatic heterocycles. The van der Waals surface area contributed by atoms with Gasteiger partial charge in [-0.05, 0) is 30.7 Å². The van der Waals surface area contributed by atoms with Gasteiger partial charge in [-0.1, -0.05) is 25.1 Å². The van der Waals surface area contributed by atoms with E-state index in [0.717, 1.165) is 30.8 Å². The van der Waals surface area contributed by atoms with Gasteiger partial charge in [-0.15, -0.1) is 0 Å². The Labute approximate surface area is 117 Å². The fraction of sp³-hybridized carbons (Fsp3) is 0.500. The Morgan fingerprint density at radius 3 is 2.79 bits per heavy atom. The van der Waals surface area contributed by atoms with Gasteiger partial charge >= 0.3 is 0 Å². The minimum Gasteiger partial charge on any atom is -0.544 e. The van der Waals surface area contributed by atoms with Gasteiger partial charge in [0.2, 0.25) is 0 Å². The van der Waals surface area contributed by atoms with E-state index in [1.807, 2.05) is 29.6 Å². The molecule has 0 spiro atoms. The highest BCUT2D eigenvalue weighted by Gasteiger charge is 2.30. The van der Waals surface area contributed by atoms with E-state index in [1.165, 1.54) is 0 Å². The smallest absolute Gasteiger partial charge is 0.159 e. The molecule has 2 atom stereocenters. The third-order valence-corrected chi connectivity index (χ3v) is 4.48. The predicted octanol–water partition coefficient (Wildman–Crippen LogP) is 0.293. The van der Waals surface area contributed by atoms with Crippen molar-refractivity contribution in [1.29, 1.82) is 0 Å². The van der Waals surface area contributed by atoms with Crippen LogP contribution < -0.4 is 15.2 Å². The Kier molecular flexibility index (Phi) is 5.10. The van der Waals surface area contributed by atoms with Crippen molar-refractivity contribution >= 4 is 17.7 Å². The first-order valence-electron chi connectivity index (χ1n) is 6.61. The molecule has 1 aromatic rings. The number of carboxylic acids is 1. The third kappa shape index (κ3) is 3.88. The molecule has 4 nitrogen and oxygen atoms in total. The molecule has 0 unspecified atom stereocenters. The summed E-state index contributed by atoms with van der Waals surface area (Å²) in [6.45, 7) is 2.88. The lowest BCUT2D eigenvalue weighted by Crippen LogP contribution is -2.90. The van der Waals surface area contributed by atoms with Crippen LogP contribution in [0.15, 0.2) is 24.3 Å². The van der Waals surface area contributed by atoms with E-state index in [0.29, 0.717) is 5.75 Å². The summed E-state index contributed by atoms with van der Waals surface area (Å²) in [6.07, 6.45) is 2.18. The molecule has 5 heteroatoms. The second kappa shape index (κ2) is 6.82. The molecule has 0 amide bonds. The molecule has 1 aliphatic rings. The van der Waals surface area contributed by atoms with Crippen molar-refractivity contribution < 1.29 is 20.0 Å². The van der Waals surface area contributed by atoms with Crippen LogP contribution in [0.2, 0.25) is 0 Å². The lowest BCUT2D eigenvalue weighted by molar-refractivity contribution is -0.690. The molecule has 19 heavy (non-hydrogen) atoms. The fourth-order valence-electron chi connectivity index (χ4n) is 1.97. The van der Waals surface area contributed by atoms with E-state index in [-0.39, 0.29) is 5.37 Å². The van der Waals surface area contributed by atoms with Gasteiger partial charge in [0.1, 0.15) is 17.8 Å². The maximum Gasteiger partial charge on any atom is 0.159 e. The van der Waals surface area contributed by atoms with Gasteiger partial charge in [-0.2, -0.15) is 0 Å². The topological polar surface area (TPSA) is 66.0 Å². The van der Waals surface area contributed by atoms with E-state index in [2.05, 4.69) is 6.92 Å². The van der Waals surface area contributed by atoms with E-state index < -0.39 is 12.0 Å². The summed E-state index contributed by atoms with van der Waals surface area (Å²) in [4.78, 5) is 10.8. The van der Waals surface area contributed by atoms with E-state index >= 15 is 0 Å². The molecule has 2 rings (SSSR count). The van der Waals surface area contributed by atoms with Crippen molar-refractivity contribution in [1.82, 2.24) is 0 Å². The average Bonchev–Trinajstić information content (AvgIpc) is 2.90. The second-order valence-electron chi connectivity index (χ2n) is 4.64. The van der Waals surface area contributed by atoms with Gasteiger partial charge in [-0.25, -0.2) is 0 Å². The Bertz CT molecular complexity index is 421. The van der Waals surface area contributed by atoms with Crippen molar-refractivity contribution in [3.8, 4) is 5.75 Å². The zero-order chi connectivity index (χ0) is 13.7. The third-order valence-electron chi connectivity index (χ3n) is 3.14. The number of hydrogen-bond acceptors (Lipinski definition) is 4. The largest absolute Gasteiger partial charge is 0.544 e. The van der Waals surface area contributed by atoms with Crippen LogP contribution >= 0.6 is 11.8 Å². The van der Waals surface area contributed by atoms with E-state index in [1.54, 1.807) is 11.8 Å².